The van der Waals surface area contributed by atoms with E-state index in [1.54, 1.807) is 12.3 Å². The molecular formula is C17H19Cl3FN5. The molecule has 3 rings (SSSR count). The van der Waals surface area contributed by atoms with Gasteiger partial charge in [0.25, 0.3) is 0 Å². The van der Waals surface area contributed by atoms with Gasteiger partial charge < -0.3 is 11.5 Å². The summed E-state index contributed by atoms with van der Waals surface area (Å²) >= 11 is 6.27. The molecule has 140 valence electrons. The summed E-state index contributed by atoms with van der Waals surface area (Å²) in [5.41, 5.74) is 15.1. The van der Waals surface area contributed by atoms with Gasteiger partial charge >= 0.3 is 0 Å². The minimum Gasteiger partial charge on any atom is -0.369 e. The van der Waals surface area contributed by atoms with Gasteiger partial charge in [0.15, 0.2) is 0 Å². The predicted molar refractivity (Wildman–Crippen MR) is 108 cm³/mol. The summed E-state index contributed by atoms with van der Waals surface area (Å²) < 4.78 is 13.7. The topological polar surface area (TPSA) is 89.6 Å². The molecule has 0 radical (unpaired) electrons. The highest BCUT2D eigenvalue weighted by atomic mass is 35.5. The number of pyridine rings is 1. The SMILES string of the molecule is Cc1ccnc2c1/C(=N/N=C(N)N)CC(c1cc(F)ccc1Cl)C2.Cl.Cl. The Morgan fingerprint density at radius 2 is 1.96 bits per heavy atom. The van der Waals surface area contributed by atoms with E-state index in [9.17, 15) is 4.39 Å². The standard InChI is InChI=1S/C17H17ClFN5.2ClH/c1-9-4-5-22-14-6-10(12-8-11(19)2-3-13(12)18)7-15(16(9)14)23-24-17(20)21;;/h2-5,8,10H,6-7H2,1H3,(H4,20,21,24);2*1H/b23-15+;;. The Labute approximate surface area is 168 Å². The van der Waals surface area contributed by atoms with Crippen molar-refractivity contribution in [3.63, 3.8) is 0 Å². The van der Waals surface area contributed by atoms with Crippen LogP contribution in [0.15, 0.2) is 40.7 Å². The first kappa shape index (κ1) is 22.2. The van der Waals surface area contributed by atoms with Gasteiger partial charge in [-0.15, -0.1) is 29.9 Å². The first-order valence-electron chi connectivity index (χ1n) is 7.51. The zero-order valence-electron chi connectivity index (χ0n) is 13.9. The third-order valence-corrected chi connectivity index (χ3v) is 4.43. The van der Waals surface area contributed by atoms with Crippen LogP contribution < -0.4 is 11.5 Å². The van der Waals surface area contributed by atoms with Gasteiger partial charge in [-0.3, -0.25) is 4.98 Å². The molecule has 1 aliphatic rings. The normalized spacial score (nSPS) is 16.9. The second-order valence-electron chi connectivity index (χ2n) is 5.79. The maximum atomic E-state index is 13.7. The van der Waals surface area contributed by atoms with E-state index in [4.69, 9.17) is 23.1 Å². The van der Waals surface area contributed by atoms with Crippen molar-refractivity contribution in [1.82, 2.24) is 4.98 Å². The first-order chi connectivity index (χ1) is 11.5. The van der Waals surface area contributed by atoms with Crippen LogP contribution in [0.1, 0.15) is 34.7 Å². The molecule has 1 aromatic carbocycles. The molecule has 1 atom stereocenters. The molecule has 9 heteroatoms. The van der Waals surface area contributed by atoms with Crippen LogP contribution in [-0.2, 0) is 6.42 Å². The Bertz CT molecular complexity index is 850. The highest BCUT2D eigenvalue weighted by Crippen LogP contribution is 2.36. The van der Waals surface area contributed by atoms with Gasteiger partial charge in [0, 0.05) is 16.8 Å². The van der Waals surface area contributed by atoms with Crippen LogP contribution in [0.2, 0.25) is 5.02 Å². The molecule has 5 nitrogen and oxygen atoms in total. The number of benzene rings is 1. The van der Waals surface area contributed by atoms with Crippen molar-refractivity contribution < 1.29 is 4.39 Å². The second kappa shape index (κ2) is 9.16. The van der Waals surface area contributed by atoms with E-state index in [0.29, 0.717) is 17.9 Å². The van der Waals surface area contributed by atoms with E-state index >= 15 is 0 Å². The number of nitrogens with two attached hydrogens (primary N) is 2. The number of nitrogens with zero attached hydrogens (tertiary/aromatic N) is 3. The van der Waals surface area contributed by atoms with Gasteiger partial charge in [0.1, 0.15) is 5.82 Å². The van der Waals surface area contributed by atoms with Crippen molar-refractivity contribution in [1.29, 1.82) is 0 Å². The number of rotatable bonds is 2. The van der Waals surface area contributed by atoms with E-state index in [2.05, 4.69) is 15.2 Å². The van der Waals surface area contributed by atoms with Crippen LogP contribution in [0.25, 0.3) is 0 Å². The Balaban J connectivity index is 0.00000169. The molecule has 0 aliphatic heterocycles. The minimum atomic E-state index is -0.319. The third-order valence-electron chi connectivity index (χ3n) is 4.09. The largest absolute Gasteiger partial charge is 0.369 e. The van der Waals surface area contributed by atoms with Crippen LogP contribution in [-0.4, -0.2) is 16.7 Å². The highest BCUT2D eigenvalue weighted by molar-refractivity contribution is 6.31. The fourth-order valence-electron chi connectivity index (χ4n) is 3.06. The van der Waals surface area contributed by atoms with Gasteiger partial charge in [-0.2, -0.15) is 5.10 Å². The molecular weight excluding hydrogens is 400 g/mol. The quantitative estimate of drug-likeness (QED) is 0.442. The molecule has 2 aromatic rings. The number of guanidine groups is 1. The Morgan fingerprint density at radius 1 is 1.23 bits per heavy atom. The lowest BCUT2D eigenvalue weighted by atomic mass is 9.80. The molecule has 0 fully saturated rings. The average molecular weight is 419 g/mol. The summed E-state index contributed by atoms with van der Waals surface area (Å²) in [6.07, 6.45) is 2.96. The molecule has 0 bridgehead atoms. The zero-order chi connectivity index (χ0) is 17.3. The average Bonchev–Trinajstić information content (AvgIpc) is 2.54. The second-order valence-corrected chi connectivity index (χ2v) is 6.20. The zero-order valence-corrected chi connectivity index (χ0v) is 16.3. The molecule has 0 saturated carbocycles. The molecule has 0 amide bonds. The summed E-state index contributed by atoms with van der Waals surface area (Å²) in [7, 11) is 0. The maximum absolute atomic E-state index is 13.7. The van der Waals surface area contributed by atoms with Crippen molar-refractivity contribution in [2.75, 3.05) is 0 Å². The number of fused-ring (bicyclic) bond motifs is 1. The van der Waals surface area contributed by atoms with E-state index in [0.717, 1.165) is 28.1 Å². The maximum Gasteiger partial charge on any atom is 0.211 e. The van der Waals surface area contributed by atoms with Crippen molar-refractivity contribution in [2.24, 2.45) is 21.7 Å². The minimum absolute atomic E-state index is 0. The van der Waals surface area contributed by atoms with E-state index in [1.165, 1.54) is 12.1 Å². The van der Waals surface area contributed by atoms with Gasteiger partial charge in [0.2, 0.25) is 5.96 Å². The lowest BCUT2D eigenvalue weighted by Crippen LogP contribution is -2.24. The summed E-state index contributed by atoms with van der Waals surface area (Å²) in [5.74, 6) is -0.473. The van der Waals surface area contributed by atoms with Gasteiger partial charge in [-0.1, -0.05) is 11.6 Å². The summed E-state index contributed by atoms with van der Waals surface area (Å²) in [6, 6.07) is 6.29. The van der Waals surface area contributed by atoms with Crippen LogP contribution >= 0.6 is 36.4 Å². The predicted octanol–water partition coefficient (Wildman–Crippen LogP) is 3.73. The fourth-order valence-corrected chi connectivity index (χ4v) is 3.33. The Hall–Kier alpha value is -1.89. The van der Waals surface area contributed by atoms with Crippen LogP contribution in [0.3, 0.4) is 0 Å². The summed E-state index contributed by atoms with van der Waals surface area (Å²) in [5, 5.41) is 8.50. The first-order valence-corrected chi connectivity index (χ1v) is 7.88. The molecule has 1 heterocycles. The summed E-state index contributed by atoms with van der Waals surface area (Å²) in [4.78, 5) is 4.46. The third kappa shape index (κ3) is 4.63. The van der Waals surface area contributed by atoms with Crippen molar-refractivity contribution in [3.05, 3.63) is 63.7 Å². The molecule has 1 unspecified atom stereocenters. The highest BCUT2D eigenvalue weighted by Gasteiger charge is 2.28. The number of aryl methyl sites for hydroxylation is 1. The number of hydrogen-bond donors (Lipinski definition) is 2. The fraction of sp³-hybridized carbons (Fsp3) is 0.235. The molecule has 0 saturated heterocycles. The lowest BCUT2D eigenvalue weighted by Gasteiger charge is -2.27. The van der Waals surface area contributed by atoms with Crippen LogP contribution in [0.5, 0.6) is 0 Å². The Kier molecular flexibility index (Phi) is 7.81. The Morgan fingerprint density at radius 3 is 2.65 bits per heavy atom. The number of hydrogen-bond acceptors (Lipinski definition) is 3. The van der Waals surface area contributed by atoms with E-state index in [1.807, 2.05) is 13.0 Å². The van der Waals surface area contributed by atoms with Gasteiger partial charge in [0.05, 0.1) is 11.4 Å². The summed E-state index contributed by atoms with van der Waals surface area (Å²) in [6.45, 7) is 1.99. The molecule has 4 N–H and O–H groups in total. The van der Waals surface area contributed by atoms with Crippen molar-refractivity contribution >= 4 is 48.1 Å². The lowest BCUT2D eigenvalue weighted by molar-refractivity contribution is 0.614. The van der Waals surface area contributed by atoms with Crippen molar-refractivity contribution in [2.45, 2.75) is 25.7 Å². The van der Waals surface area contributed by atoms with Crippen LogP contribution in [0, 0.1) is 12.7 Å². The monoisotopic (exact) mass is 417 g/mol. The number of aromatic nitrogens is 1. The van der Waals surface area contributed by atoms with E-state index in [-0.39, 0.29) is 42.5 Å². The molecule has 0 spiro atoms. The van der Waals surface area contributed by atoms with E-state index < -0.39 is 0 Å². The molecule has 1 aliphatic carbocycles. The van der Waals surface area contributed by atoms with Crippen molar-refractivity contribution in [3.8, 4) is 0 Å². The molecule has 26 heavy (non-hydrogen) atoms. The smallest absolute Gasteiger partial charge is 0.211 e. The van der Waals surface area contributed by atoms with Crippen LogP contribution in [0.4, 0.5) is 4.39 Å². The van der Waals surface area contributed by atoms with Gasteiger partial charge in [-0.25, -0.2) is 4.39 Å². The van der Waals surface area contributed by atoms with Gasteiger partial charge in [-0.05, 0) is 61.1 Å². The number of halogens is 4. The molecule has 1 aromatic heterocycles.